The monoisotopic (exact) mass is 309 g/mol. The Labute approximate surface area is 134 Å². The highest BCUT2D eigenvalue weighted by molar-refractivity contribution is 5.90. The van der Waals surface area contributed by atoms with Crippen molar-refractivity contribution in [1.29, 1.82) is 0 Å². The van der Waals surface area contributed by atoms with Gasteiger partial charge in [0.25, 0.3) is 0 Å². The lowest BCUT2D eigenvalue weighted by atomic mass is 10.00. The van der Waals surface area contributed by atoms with Gasteiger partial charge in [-0.05, 0) is 31.5 Å². The third-order valence-corrected chi connectivity index (χ3v) is 3.99. The van der Waals surface area contributed by atoms with Crippen LogP contribution in [-0.2, 0) is 0 Å². The van der Waals surface area contributed by atoms with Crippen LogP contribution in [0.25, 0.3) is 22.3 Å². The first-order chi connectivity index (χ1) is 11.1. The van der Waals surface area contributed by atoms with Crippen LogP contribution >= 0.6 is 0 Å². The maximum atomic E-state index is 9.68. The van der Waals surface area contributed by atoms with Gasteiger partial charge in [0.1, 0.15) is 5.82 Å². The van der Waals surface area contributed by atoms with Crippen LogP contribution in [0.5, 0.6) is 0 Å². The van der Waals surface area contributed by atoms with E-state index in [2.05, 4.69) is 25.3 Å². The van der Waals surface area contributed by atoms with E-state index in [0.717, 1.165) is 22.9 Å². The number of aliphatic hydroxyl groups is 1. The Bertz CT molecular complexity index is 802. The van der Waals surface area contributed by atoms with Gasteiger partial charge in [0, 0.05) is 29.5 Å². The highest BCUT2D eigenvalue weighted by atomic mass is 16.3. The molecule has 0 radical (unpaired) electrons. The van der Waals surface area contributed by atoms with Crippen molar-refractivity contribution in [3.05, 3.63) is 43.0 Å². The van der Waals surface area contributed by atoms with Gasteiger partial charge in [-0.3, -0.25) is 9.97 Å². The van der Waals surface area contributed by atoms with Crippen LogP contribution in [0.15, 0.2) is 43.0 Å². The summed E-state index contributed by atoms with van der Waals surface area (Å²) in [5, 5.41) is 13.9. The normalized spacial score (nSPS) is 13.7. The van der Waals surface area contributed by atoms with E-state index >= 15 is 0 Å². The van der Waals surface area contributed by atoms with E-state index in [0.29, 0.717) is 11.6 Å². The van der Waals surface area contributed by atoms with Gasteiger partial charge >= 0.3 is 0 Å². The van der Waals surface area contributed by atoms with E-state index in [-0.39, 0.29) is 6.61 Å². The van der Waals surface area contributed by atoms with Crippen LogP contribution in [0.1, 0.15) is 20.3 Å². The third kappa shape index (κ3) is 3.12. The predicted octanol–water partition coefficient (Wildman–Crippen LogP) is 2.66. The van der Waals surface area contributed by atoms with Crippen molar-refractivity contribution in [2.45, 2.75) is 25.8 Å². The second-order valence-electron chi connectivity index (χ2n) is 5.72. The first-order valence-corrected chi connectivity index (χ1v) is 7.56. The lowest BCUT2D eigenvalue weighted by Gasteiger charge is -2.28. The van der Waals surface area contributed by atoms with Gasteiger partial charge in [0.15, 0.2) is 5.82 Å². The van der Waals surface area contributed by atoms with E-state index in [1.165, 1.54) is 0 Å². The Kier molecular flexibility index (Phi) is 4.16. The standard InChI is InChI=1S/C17H19N5O/c1-3-17(2,11-23)22-16-13-6-9-19-10-14(13)20-15(21-16)12-4-7-18-8-5-12/h4-10,23H,3,11H2,1-2H3,(H,20,21,22). The smallest absolute Gasteiger partial charge is 0.162 e. The van der Waals surface area contributed by atoms with Crippen LogP contribution in [0.2, 0.25) is 0 Å². The zero-order valence-electron chi connectivity index (χ0n) is 13.2. The van der Waals surface area contributed by atoms with Crippen LogP contribution in [0, 0.1) is 0 Å². The minimum absolute atomic E-state index is 0.0185. The van der Waals surface area contributed by atoms with Gasteiger partial charge in [-0.2, -0.15) is 0 Å². The zero-order chi connectivity index (χ0) is 16.3. The molecular weight excluding hydrogens is 290 g/mol. The number of rotatable bonds is 5. The van der Waals surface area contributed by atoms with Crippen molar-refractivity contribution in [1.82, 2.24) is 19.9 Å². The maximum Gasteiger partial charge on any atom is 0.162 e. The molecule has 0 aromatic carbocycles. The lowest BCUT2D eigenvalue weighted by molar-refractivity contribution is 0.218. The number of nitrogens with zero attached hydrogens (tertiary/aromatic N) is 4. The largest absolute Gasteiger partial charge is 0.394 e. The Morgan fingerprint density at radius 1 is 1.09 bits per heavy atom. The number of hydrogen-bond donors (Lipinski definition) is 2. The van der Waals surface area contributed by atoms with Crippen molar-refractivity contribution >= 4 is 16.7 Å². The van der Waals surface area contributed by atoms with Gasteiger partial charge < -0.3 is 10.4 Å². The fourth-order valence-electron chi connectivity index (χ4n) is 2.23. The van der Waals surface area contributed by atoms with E-state index in [1.54, 1.807) is 24.8 Å². The SMILES string of the molecule is CCC(C)(CO)Nc1nc(-c2ccncc2)nc2cnccc12. The summed E-state index contributed by atoms with van der Waals surface area (Å²) in [6, 6.07) is 5.61. The summed E-state index contributed by atoms with van der Waals surface area (Å²) < 4.78 is 0. The average molecular weight is 309 g/mol. The fourth-order valence-corrected chi connectivity index (χ4v) is 2.23. The number of fused-ring (bicyclic) bond motifs is 1. The third-order valence-electron chi connectivity index (χ3n) is 3.99. The zero-order valence-corrected chi connectivity index (χ0v) is 13.2. The summed E-state index contributed by atoms with van der Waals surface area (Å²) >= 11 is 0. The topological polar surface area (TPSA) is 83.8 Å². The van der Waals surface area contributed by atoms with Gasteiger partial charge in [-0.25, -0.2) is 9.97 Å². The molecular formula is C17H19N5O. The molecule has 1 atom stereocenters. The molecule has 0 aliphatic carbocycles. The minimum Gasteiger partial charge on any atom is -0.394 e. The molecule has 6 nitrogen and oxygen atoms in total. The maximum absolute atomic E-state index is 9.68. The van der Waals surface area contributed by atoms with Crippen molar-refractivity contribution < 1.29 is 5.11 Å². The highest BCUT2D eigenvalue weighted by Crippen LogP contribution is 2.27. The number of hydrogen-bond acceptors (Lipinski definition) is 6. The van der Waals surface area contributed by atoms with Gasteiger partial charge in [-0.15, -0.1) is 0 Å². The first kappa shape index (κ1) is 15.3. The Hall–Kier alpha value is -2.60. The number of aliphatic hydroxyl groups excluding tert-OH is 1. The Balaban J connectivity index is 2.15. The number of anilines is 1. The molecule has 0 saturated carbocycles. The van der Waals surface area contributed by atoms with Crippen LogP contribution < -0.4 is 5.32 Å². The number of aromatic nitrogens is 4. The molecule has 2 N–H and O–H groups in total. The first-order valence-electron chi connectivity index (χ1n) is 7.56. The van der Waals surface area contributed by atoms with Crippen LogP contribution in [-0.4, -0.2) is 37.2 Å². The number of nitrogens with one attached hydrogen (secondary N) is 1. The molecule has 3 heterocycles. The van der Waals surface area contributed by atoms with E-state index in [9.17, 15) is 5.11 Å². The molecule has 0 saturated heterocycles. The Morgan fingerprint density at radius 2 is 1.83 bits per heavy atom. The van der Waals surface area contributed by atoms with E-state index in [4.69, 9.17) is 0 Å². The number of pyridine rings is 2. The fraction of sp³-hybridized carbons (Fsp3) is 0.294. The van der Waals surface area contributed by atoms with Gasteiger partial charge in [0.05, 0.1) is 23.9 Å². The molecule has 6 heteroatoms. The van der Waals surface area contributed by atoms with Crippen molar-refractivity contribution in [3.8, 4) is 11.4 Å². The molecule has 0 bridgehead atoms. The molecule has 0 fully saturated rings. The van der Waals surface area contributed by atoms with Crippen molar-refractivity contribution in [2.75, 3.05) is 11.9 Å². The summed E-state index contributed by atoms with van der Waals surface area (Å²) in [7, 11) is 0. The predicted molar refractivity (Wildman–Crippen MR) is 90.0 cm³/mol. The molecule has 0 aliphatic rings. The second-order valence-corrected chi connectivity index (χ2v) is 5.72. The van der Waals surface area contributed by atoms with Crippen molar-refractivity contribution in [3.63, 3.8) is 0 Å². The van der Waals surface area contributed by atoms with Crippen LogP contribution in [0.3, 0.4) is 0 Å². The lowest BCUT2D eigenvalue weighted by Crippen LogP contribution is -2.38. The van der Waals surface area contributed by atoms with Gasteiger partial charge in [0.2, 0.25) is 0 Å². The molecule has 118 valence electrons. The molecule has 0 amide bonds. The van der Waals surface area contributed by atoms with E-state index in [1.807, 2.05) is 32.0 Å². The second kappa shape index (κ2) is 6.26. The molecule has 23 heavy (non-hydrogen) atoms. The summed E-state index contributed by atoms with van der Waals surface area (Å²) in [4.78, 5) is 17.4. The Morgan fingerprint density at radius 3 is 2.52 bits per heavy atom. The minimum atomic E-state index is -0.444. The highest BCUT2D eigenvalue weighted by Gasteiger charge is 2.22. The van der Waals surface area contributed by atoms with Crippen molar-refractivity contribution in [2.24, 2.45) is 0 Å². The average Bonchev–Trinajstić information content (AvgIpc) is 2.62. The summed E-state index contributed by atoms with van der Waals surface area (Å²) in [6.45, 7) is 4.01. The quantitative estimate of drug-likeness (QED) is 0.754. The van der Waals surface area contributed by atoms with Gasteiger partial charge in [-0.1, -0.05) is 6.92 Å². The molecule has 0 aliphatic heterocycles. The molecule has 1 unspecified atom stereocenters. The summed E-state index contributed by atoms with van der Waals surface area (Å²) in [5.74, 6) is 1.30. The summed E-state index contributed by atoms with van der Waals surface area (Å²) in [5.41, 5.74) is 1.20. The molecule has 3 aromatic heterocycles. The molecule has 3 aromatic rings. The molecule has 0 spiro atoms. The molecule has 3 rings (SSSR count). The van der Waals surface area contributed by atoms with E-state index < -0.39 is 5.54 Å². The summed E-state index contributed by atoms with van der Waals surface area (Å²) in [6.07, 6.45) is 7.62. The van der Waals surface area contributed by atoms with Crippen LogP contribution in [0.4, 0.5) is 5.82 Å².